The number of alkyl halides is 7. The Balaban J connectivity index is 2.50. The van der Waals surface area contributed by atoms with E-state index in [9.17, 15) is 35.5 Å². The van der Waals surface area contributed by atoms with Crippen LogP contribution in [0.25, 0.3) is 0 Å². The van der Waals surface area contributed by atoms with Crippen LogP contribution in [0, 0.1) is 0 Å². The van der Waals surface area contributed by atoms with Gasteiger partial charge in [0.05, 0.1) is 32.8 Å². The maximum absolute atomic E-state index is 13.6. The van der Waals surface area contributed by atoms with Gasteiger partial charge in [0, 0.05) is 19.6 Å². The Morgan fingerprint density at radius 1 is 1.04 bits per heavy atom. The third-order valence-corrected chi connectivity index (χ3v) is 3.65. The van der Waals surface area contributed by atoms with Crippen molar-refractivity contribution in [3.63, 3.8) is 0 Å². The summed E-state index contributed by atoms with van der Waals surface area (Å²) in [5.74, 6) is -10.4. The van der Waals surface area contributed by atoms with Crippen LogP contribution in [-0.4, -0.2) is 81.6 Å². The summed E-state index contributed by atoms with van der Waals surface area (Å²) in [5.41, 5.74) is 0. The van der Waals surface area contributed by atoms with E-state index in [0.29, 0.717) is 32.8 Å². The Kier molecular flexibility index (Phi) is 8.54. The van der Waals surface area contributed by atoms with E-state index in [1.54, 1.807) is 0 Å². The van der Waals surface area contributed by atoms with Gasteiger partial charge in [0.2, 0.25) is 0 Å². The zero-order valence-corrected chi connectivity index (χ0v) is 13.7. The van der Waals surface area contributed by atoms with Gasteiger partial charge in [-0.05, 0) is 0 Å². The predicted molar refractivity (Wildman–Crippen MR) is 74.2 cm³/mol. The van der Waals surface area contributed by atoms with Gasteiger partial charge >= 0.3 is 18.0 Å². The lowest BCUT2D eigenvalue weighted by molar-refractivity contribution is -0.271. The molecule has 26 heavy (non-hydrogen) atoms. The molecule has 1 fully saturated rings. The topological polar surface area (TPSA) is 48.0 Å². The molecule has 1 atom stereocenters. The van der Waals surface area contributed by atoms with Crippen LogP contribution in [0.2, 0.25) is 0 Å². The number of carbonyl (C=O) groups is 1. The minimum absolute atomic E-state index is 0.0449. The van der Waals surface area contributed by atoms with E-state index in [2.05, 4.69) is 4.74 Å². The Morgan fingerprint density at radius 2 is 1.65 bits per heavy atom. The molecule has 0 N–H and O–H groups in total. The van der Waals surface area contributed by atoms with Crippen LogP contribution in [0.1, 0.15) is 12.8 Å². The van der Waals surface area contributed by atoms with Gasteiger partial charge in [0.15, 0.2) is 0 Å². The summed E-state index contributed by atoms with van der Waals surface area (Å²) in [7, 11) is 0. The van der Waals surface area contributed by atoms with Crippen molar-refractivity contribution in [2.45, 2.75) is 37.0 Å². The molecule has 0 bridgehead atoms. The maximum Gasteiger partial charge on any atom is 0.395 e. The monoisotopic (exact) mass is 399 g/mol. The van der Waals surface area contributed by atoms with Crippen molar-refractivity contribution in [2.24, 2.45) is 0 Å². The fourth-order valence-corrected chi connectivity index (χ4v) is 2.27. The van der Waals surface area contributed by atoms with E-state index in [0.717, 1.165) is 0 Å². The van der Waals surface area contributed by atoms with Gasteiger partial charge in [-0.25, -0.2) is 0 Å². The van der Waals surface area contributed by atoms with Crippen molar-refractivity contribution in [3.8, 4) is 0 Å². The van der Waals surface area contributed by atoms with Crippen LogP contribution in [0.5, 0.6) is 0 Å². The van der Waals surface area contributed by atoms with Crippen molar-refractivity contribution in [3.05, 3.63) is 0 Å². The summed E-state index contributed by atoms with van der Waals surface area (Å²) in [6.07, 6.45) is -12.0. The molecule has 0 spiro atoms. The van der Waals surface area contributed by atoms with Crippen LogP contribution >= 0.6 is 0 Å². The second kappa shape index (κ2) is 9.70. The summed E-state index contributed by atoms with van der Waals surface area (Å²) < 4.78 is 104. The van der Waals surface area contributed by atoms with Gasteiger partial charge in [-0.3, -0.25) is 9.69 Å². The first-order valence-electron chi connectivity index (χ1n) is 7.76. The summed E-state index contributed by atoms with van der Waals surface area (Å²) in [6.45, 7) is 1.91. The van der Waals surface area contributed by atoms with Gasteiger partial charge < -0.3 is 14.2 Å². The van der Waals surface area contributed by atoms with Crippen molar-refractivity contribution < 1.29 is 49.7 Å². The van der Waals surface area contributed by atoms with E-state index in [4.69, 9.17) is 9.47 Å². The number of nitrogens with zero attached hydrogens (tertiary/aromatic N) is 1. The fraction of sp³-hybridized carbons (Fsp3) is 0.929. The predicted octanol–water partition coefficient (Wildman–Crippen LogP) is 2.49. The van der Waals surface area contributed by atoms with Crippen LogP contribution in [0.4, 0.5) is 30.7 Å². The van der Waals surface area contributed by atoms with Crippen molar-refractivity contribution >= 4 is 6.47 Å². The Bertz CT molecular complexity index is 428. The van der Waals surface area contributed by atoms with E-state index < -0.39 is 43.6 Å². The maximum atomic E-state index is 13.6. The molecule has 0 aromatic carbocycles. The Morgan fingerprint density at radius 3 is 2.19 bits per heavy atom. The highest BCUT2D eigenvalue weighted by atomic mass is 19.4. The van der Waals surface area contributed by atoms with Gasteiger partial charge in [0.25, 0.3) is 6.47 Å². The third-order valence-electron chi connectivity index (χ3n) is 3.65. The summed E-state index contributed by atoms with van der Waals surface area (Å²) in [5, 5.41) is 0. The normalized spacial score (nSPS) is 18.6. The van der Waals surface area contributed by atoms with E-state index in [1.165, 1.54) is 0 Å². The summed E-state index contributed by atoms with van der Waals surface area (Å²) >= 11 is 0. The van der Waals surface area contributed by atoms with E-state index >= 15 is 0 Å². The molecule has 0 aromatic heterocycles. The first-order chi connectivity index (χ1) is 12.0. The van der Waals surface area contributed by atoms with E-state index in [1.807, 2.05) is 4.90 Å². The molecule has 0 aromatic rings. The highest BCUT2D eigenvalue weighted by Gasteiger charge is 2.61. The zero-order chi connectivity index (χ0) is 19.8. The molecule has 1 aliphatic rings. The number of halogens is 7. The second-order valence-corrected chi connectivity index (χ2v) is 5.79. The van der Waals surface area contributed by atoms with Gasteiger partial charge in [-0.2, -0.15) is 30.7 Å². The largest absolute Gasteiger partial charge is 0.462 e. The van der Waals surface area contributed by atoms with Gasteiger partial charge in [0.1, 0.15) is 12.5 Å². The highest BCUT2D eigenvalue weighted by Crippen LogP contribution is 2.44. The minimum Gasteiger partial charge on any atom is -0.462 e. The number of hydrogen-bond acceptors (Lipinski definition) is 5. The molecule has 0 saturated carbocycles. The molecule has 1 rings (SSSR count). The molecule has 12 heteroatoms. The van der Waals surface area contributed by atoms with Crippen molar-refractivity contribution in [1.82, 2.24) is 4.90 Å². The number of ether oxygens (including phenoxy) is 3. The smallest absolute Gasteiger partial charge is 0.395 e. The van der Waals surface area contributed by atoms with E-state index in [-0.39, 0.29) is 13.1 Å². The van der Waals surface area contributed by atoms with Crippen LogP contribution < -0.4 is 0 Å². The molecule has 0 amide bonds. The molecule has 5 nitrogen and oxygen atoms in total. The lowest BCUT2D eigenvalue weighted by Crippen LogP contribution is -2.47. The lowest BCUT2D eigenvalue weighted by atomic mass is 10.0. The fourth-order valence-electron chi connectivity index (χ4n) is 2.27. The average molecular weight is 399 g/mol. The minimum atomic E-state index is -5.47. The molecule has 0 radical (unpaired) electrons. The molecule has 154 valence electrons. The molecule has 0 aliphatic carbocycles. The van der Waals surface area contributed by atoms with Crippen molar-refractivity contribution in [2.75, 3.05) is 46.1 Å². The first-order valence-corrected chi connectivity index (χ1v) is 7.76. The number of morpholine rings is 1. The SMILES string of the molecule is O=COC(COCCN1CCOCC1)CC(F)(F)C(F)(F)CC(F)(F)F. The standard InChI is InChI=1S/C14H20F7NO4/c15-12(16,13(17,18)9-14(19,20)21)7-11(26-10-23)8-25-6-3-22-1-4-24-5-2-22/h10-11H,1-9H2. The Hall–Kier alpha value is -1.14. The summed E-state index contributed by atoms with van der Waals surface area (Å²) in [4.78, 5) is 12.3. The zero-order valence-electron chi connectivity index (χ0n) is 13.7. The van der Waals surface area contributed by atoms with Gasteiger partial charge in [-0.15, -0.1) is 0 Å². The lowest BCUT2D eigenvalue weighted by Gasteiger charge is -2.30. The average Bonchev–Trinajstić information content (AvgIpc) is 2.50. The Labute approximate surface area is 145 Å². The second-order valence-electron chi connectivity index (χ2n) is 5.79. The highest BCUT2D eigenvalue weighted by molar-refractivity contribution is 5.37. The molecular formula is C14H20F7NO4. The molecule has 1 aliphatic heterocycles. The summed E-state index contributed by atoms with van der Waals surface area (Å²) in [6, 6.07) is 0. The first kappa shape index (κ1) is 22.9. The number of rotatable bonds is 11. The van der Waals surface area contributed by atoms with Crippen molar-refractivity contribution in [1.29, 1.82) is 0 Å². The number of carbonyl (C=O) groups excluding carboxylic acids is 1. The quantitative estimate of drug-likeness (QED) is 0.304. The molecule has 1 saturated heterocycles. The van der Waals surface area contributed by atoms with Crippen LogP contribution in [0.15, 0.2) is 0 Å². The molecule has 1 unspecified atom stereocenters. The third kappa shape index (κ3) is 8.04. The number of hydrogen-bond donors (Lipinski definition) is 0. The van der Waals surface area contributed by atoms with Crippen LogP contribution in [0.3, 0.4) is 0 Å². The molecule has 1 heterocycles. The van der Waals surface area contributed by atoms with Crippen LogP contribution in [-0.2, 0) is 19.0 Å². The molecular weight excluding hydrogens is 379 g/mol. The van der Waals surface area contributed by atoms with Gasteiger partial charge in [-0.1, -0.05) is 0 Å².